The Morgan fingerprint density at radius 2 is 1.67 bits per heavy atom. The van der Waals surface area contributed by atoms with Crippen LogP contribution < -0.4 is 25.0 Å². The van der Waals surface area contributed by atoms with Crippen LogP contribution in [0.5, 0.6) is 11.5 Å². The van der Waals surface area contributed by atoms with Crippen LogP contribution in [0.3, 0.4) is 0 Å². The molecule has 0 aliphatic heterocycles. The number of hydrogen-bond acceptors (Lipinski definition) is 6. The van der Waals surface area contributed by atoms with Crippen molar-refractivity contribution in [1.82, 2.24) is 15.6 Å². The van der Waals surface area contributed by atoms with Crippen molar-refractivity contribution in [2.75, 3.05) is 13.7 Å². The molecule has 10 heteroatoms. The summed E-state index contributed by atoms with van der Waals surface area (Å²) in [6, 6.07) is 10.3. The molecule has 0 unspecified atom stereocenters. The van der Waals surface area contributed by atoms with Gasteiger partial charge in [0, 0.05) is 17.2 Å². The molecule has 1 aliphatic rings. The minimum Gasteiger partial charge on any atom is -0.493 e. The van der Waals surface area contributed by atoms with Crippen LogP contribution in [0.4, 0.5) is 0 Å². The number of nitrogens with one attached hydrogen (secondary N) is 3. The van der Waals surface area contributed by atoms with E-state index in [2.05, 4.69) is 29.4 Å². The normalized spacial score (nSPS) is 13.5. The second kappa shape index (κ2) is 10.7. The van der Waals surface area contributed by atoms with Crippen LogP contribution in [-0.4, -0.2) is 40.0 Å². The number of sulfonamides is 1. The van der Waals surface area contributed by atoms with Gasteiger partial charge in [-0.05, 0) is 61.6 Å². The average molecular weight is 476 g/mol. The monoisotopic (exact) mass is 475 g/mol. The van der Waals surface area contributed by atoms with Crippen molar-refractivity contribution in [3.63, 3.8) is 0 Å². The highest BCUT2D eigenvalue weighted by atomic mass is 32.2. The van der Waals surface area contributed by atoms with Gasteiger partial charge in [-0.1, -0.05) is 19.9 Å². The Morgan fingerprint density at radius 1 is 1.00 bits per heavy atom. The molecular weight excluding hydrogens is 446 g/mol. The van der Waals surface area contributed by atoms with Gasteiger partial charge in [0.2, 0.25) is 10.0 Å². The summed E-state index contributed by atoms with van der Waals surface area (Å²) in [5, 5.41) is 0. The maximum absolute atomic E-state index is 12.5. The molecule has 1 aliphatic carbocycles. The van der Waals surface area contributed by atoms with Gasteiger partial charge in [0.1, 0.15) is 0 Å². The van der Waals surface area contributed by atoms with Gasteiger partial charge in [0.05, 0.1) is 18.6 Å². The van der Waals surface area contributed by atoms with Crippen molar-refractivity contribution in [3.05, 3.63) is 53.6 Å². The van der Waals surface area contributed by atoms with E-state index in [0.717, 1.165) is 19.3 Å². The highest BCUT2D eigenvalue weighted by Crippen LogP contribution is 2.28. The van der Waals surface area contributed by atoms with E-state index in [9.17, 15) is 18.0 Å². The van der Waals surface area contributed by atoms with E-state index in [4.69, 9.17) is 9.47 Å². The number of methoxy groups -OCH3 is 1. The van der Waals surface area contributed by atoms with Gasteiger partial charge >= 0.3 is 0 Å². The molecule has 2 aromatic rings. The summed E-state index contributed by atoms with van der Waals surface area (Å²) in [6.07, 6.45) is 2.50. The van der Waals surface area contributed by atoms with E-state index in [-0.39, 0.29) is 22.1 Å². The van der Waals surface area contributed by atoms with E-state index in [1.165, 1.54) is 37.4 Å². The lowest BCUT2D eigenvalue weighted by atomic mass is 10.1. The molecule has 0 aromatic heterocycles. The minimum absolute atomic E-state index is 0.00818. The number of ether oxygens (including phenoxy) is 2. The van der Waals surface area contributed by atoms with Gasteiger partial charge in [-0.25, -0.2) is 13.1 Å². The topological polar surface area (TPSA) is 123 Å². The smallest absolute Gasteiger partial charge is 0.269 e. The lowest BCUT2D eigenvalue weighted by Gasteiger charge is -2.13. The van der Waals surface area contributed by atoms with Crippen molar-refractivity contribution in [3.8, 4) is 11.5 Å². The first kappa shape index (κ1) is 24.5. The first-order valence-corrected chi connectivity index (χ1v) is 12.2. The molecule has 0 atom stereocenters. The van der Waals surface area contributed by atoms with Crippen molar-refractivity contribution in [2.24, 2.45) is 5.92 Å². The Hall–Kier alpha value is -3.11. The Bertz CT molecular complexity index is 1110. The van der Waals surface area contributed by atoms with Crippen LogP contribution in [-0.2, 0) is 10.0 Å². The number of hydrogen-bond donors (Lipinski definition) is 3. The van der Waals surface area contributed by atoms with E-state index < -0.39 is 21.8 Å². The third kappa shape index (κ3) is 6.93. The van der Waals surface area contributed by atoms with Gasteiger partial charge in [-0.3, -0.25) is 20.4 Å². The fraction of sp³-hybridized carbons (Fsp3) is 0.391. The fourth-order valence-electron chi connectivity index (χ4n) is 2.88. The molecule has 2 amide bonds. The minimum atomic E-state index is -3.69. The molecule has 0 bridgehead atoms. The third-order valence-corrected chi connectivity index (χ3v) is 6.49. The highest BCUT2D eigenvalue weighted by molar-refractivity contribution is 7.89. The van der Waals surface area contributed by atoms with E-state index in [1.807, 2.05) is 0 Å². The quantitative estimate of drug-likeness (QED) is 0.454. The summed E-state index contributed by atoms with van der Waals surface area (Å²) in [5.41, 5.74) is 4.98. The Labute approximate surface area is 193 Å². The SMILES string of the molecule is COc1cc(C(=O)NNC(=O)c2cccc(S(=O)(=O)NC3CC3)c2)ccc1OCCC(C)C. The molecule has 2 aromatic carbocycles. The molecule has 178 valence electrons. The molecule has 1 saturated carbocycles. The molecule has 1 fully saturated rings. The zero-order valence-corrected chi connectivity index (χ0v) is 19.7. The summed E-state index contributed by atoms with van der Waals surface area (Å²) >= 11 is 0. The van der Waals surface area contributed by atoms with Crippen LogP contribution >= 0.6 is 0 Å². The number of rotatable bonds is 10. The molecule has 0 saturated heterocycles. The Balaban J connectivity index is 1.61. The first-order valence-electron chi connectivity index (χ1n) is 10.7. The number of amides is 2. The highest BCUT2D eigenvalue weighted by Gasteiger charge is 2.28. The van der Waals surface area contributed by atoms with E-state index in [0.29, 0.717) is 24.0 Å². The summed E-state index contributed by atoms with van der Waals surface area (Å²) in [7, 11) is -2.21. The van der Waals surface area contributed by atoms with Crippen LogP contribution in [0.15, 0.2) is 47.4 Å². The van der Waals surface area contributed by atoms with Crippen LogP contribution in [0.1, 0.15) is 53.8 Å². The van der Waals surface area contributed by atoms with Gasteiger partial charge in [0.25, 0.3) is 11.8 Å². The summed E-state index contributed by atoms with van der Waals surface area (Å²) in [5.74, 6) is 0.220. The predicted molar refractivity (Wildman–Crippen MR) is 123 cm³/mol. The second-order valence-electron chi connectivity index (χ2n) is 8.23. The zero-order chi connectivity index (χ0) is 24.0. The standard InChI is InChI=1S/C23H29N3O6S/c1-15(2)11-12-32-20-10-7-17(14-21(20)31-3)23(28)25-24-22(27)16-5-4-6-19(13-16)33(29,30)26-18-8-9-18/h4-7,10,13-15,18,26H,8-9,11-12H2,1-3H3,(H,24,27)(H,25,28). The Morgan fingerprint density at radius 3 is 2.27 bits per heavy atom. The Kier molecular flexibility index (Phi) is 7.93. The molecule has 9 nitrogen and oxygen atoms in total. The van der Waals surface area contributed by atoms with Crippen LogP contribution in [0.25, 0.3) is 0 Å². The van der Waals surface area contributed by atoms with Gasteiger partial charge < -0.3 is 9.47 Å². The molecule has 0 radical (unpaired) electrons. The lowest BCUT2D eigenvalue weighted by Crippen LogP contribution is -2.41. The number of carbonyl (C=O) groups excluding carboxylic acids is 2. The fourth-order valence-corrected chi connectivity index (χ4v) is 4.23. The molecule has 0 heterocycles. The second-order valence-corrected chi connectivity index (χ2v) is 9.94. The van der Waals surface area contributed by atoms with Gasteiger partial charge in [-0.15, -0.1) is 0 Å². The lowest BCUT2D eigenvalue weighted by molar-refractivity contribution is 0.0846. The predicted octanol–water partition coefficient (Wildman–Crippen LogP) is 2.64. The molecule has 3 N–H and O–H groups in total. The summed E-state index contributed by atoms with van der Waals surface area (Å²) in [4.78, 5) is 24.9. The van der Waals surface area contributed by atoms with Crippen molar-refractivity contribution in [2.45, 2.75) is 44.0 Å². The number of benzene rings is 2. The van der Waals surface area contributed by atoms with E-state index in [1.54, 1.807) is 12.1 Å². The van der Waals surface area contributed by atoms with Crippen molar-refractivity contribution >= 4 is 21.8 Å². The first-order chi connectivity index (χ1) is 15.7. The largest absolute Gasteiger partial charge is 0.493 e. The summed E-state index contributed by atoms with van der Waals surface area (Å²) < 4.78 is 38.3. The van der Waals surface area contributed by atoms with Crippen molar-refractivity contribution in [1.29, 1.82) is 0 Å². The zero-order valence-electron chi connectivity index (χ0n) is 18.9. The maximum atomic E-state index is 12.5. The van der Waals surface area contributed by atoms with Crippen molar-refractivity contribution < 1.29 is 27.5 Å². The molecule has 0 spiro atoms. The van der Waals surface area contributed by atoms with Gasteiger partial charge in [-0.2, -0.15) is 0 Å². The van der Waals surface area contributed by atoms with E-state index >= 15 is 0 Å². The molecule has 33 heavy (non-hydrogen) atoms. The molecule has 3 rings (SSSR count). The summed E-state index contributed by atoms with van der Waals surface area (Å²) in [6.45, 7) is 4.73. The number of carbonyl (C=O) groups is 2. The van der Waals surface area contributed by atoms with Gasteiger partial charge in [0.15, 0.2) is 11.5 Å². The maximum Gasteiger partial charge on any atom is 0.269 e. The van der Waals surface area contributed by atoms with Crippen LogP contribution in [0.2, 0.25) is 0 Å². The average Bonchev–Trinajstić information content (AvgIpc) is 3.60. The molecular formula is C23H29N3O6S. The third-order valence-electron chi connectivity index (χ3n) is 4.97. The number of hydrazine groups is 1. The van der Waals surface area contributed by atoms with Crippen LogP contribution in [0, 0.1) is 5.92 Å².